The number of hydrogen-bond donors (Lipinski definition) is 1. The highest BCUT2D eigenvalue weighted by Gasteiger charge is 2.17. The number of nitrogens with one attached hydrogen (secondary N) is 1. The molecule has 0 aromatic carbocycles. The molecule has 1 N–H and O–H groups in total. The van der Waals surface area contributed by atoms with Crippen LogP contribution in [0.3, 0.4) is 0 Å². The minimum absolute atomic E-state index is 0.818. The predicted octanol–water partition coefficient (Wildman–Crippen LogP) is 3.42. The van der Waals surface area contributed by atoms with Gasteiger partial charge in [-0.05, 0) is 55.8 Å². The second-order valence-corrected chi connectivity index (χ2v) is 7.04. The molecule has 2 nitrogen and oxygen atoms in total. The molecular weight excluding hydrogens is 252 g/mol. The quantitative estimate of drug-likeness (QED) is 0.830. The first kappa shape index (κ1) is 13.6. The van der Waals surface area contributed by atoms with Gasteiger partial charge in [0.2, 0.25) is 0 Å². The van der Waals surface area contributed by atoms with Crippen molar-refractivity contribution in [3.8, 4) is 0 Å². The molecule has 1 fully saturated rings. The summed E-state index contributed by atoms with van der Waals surface area (Å²) in [5, 5.41) is 6.00. The second kappa shape index (κ2) is 6.87. The molecular formula is C16H26N2S. The summed E-state index contributed by atoms with van der Waals surface area (Å²) in [7, 11) is 0. The zero-order valence-electron chi connectivity index (χ0n) is 11.9. The molecule has 3 rings (SSSR count). The molecule has 3 heteroatoms. The molecule has 106 valence electrons. The number of thiophene rings is 1. The van der Waals surface area contributed by atoms with Crippen LogP contribution in [0.15, 0.2) is 11.4 Å². The Bertz CT molecular complexity index is 382. The molecule has 1 saturated carbocycles. The van der Waals surface area contributed by atoms with Gasteiger partial charge in [0.05, 0.1) is 0 Å². The molecule has 1 aromatic rings. The van der Waals surface area contributed by atoms with Gasteiger partial charge in [-0.25, -0.2) is 0 Å². The standard InChI is InChI=1S/C16H26N2S/c1-2-5-15(6-3-1)17-9-4-10-18-11-7-16-14(13-18)8-12-19-16/h8,12,15,17H,1-7,9-11,13H2. The minimum Gasteiger partial charge on any atom is -0.314 e. The normalized spacial score (nSPS) is 21.5. The Morgan fingerprint density at radius 3 is 3.05 bits per heavy atom. The summed E-state index contributed by atoms with van der Waals surface area (Å²) in [5.74, 6) is 0. The van der Waals surface area contributed by atoms with Gasteiger partial charge >= 0.3 is 0 Å². The maximum atomic E-state index is 3.75. The summed E-state index contributed by atoms with van der Waals surface area (Å²) in [6.45, 7) is 4.91. The molecule has 0 spiro atoms. The summed E-state index contributed by atoms with van der Waals surface area (Å²) < 4.78 is 0. The highest BCUT2D eigenvalue weighted by molar-refractivity contribution is 7.10. The SMILES string of the molecule is c1cc2c(s1)CCN(CCCNC1CCCCC1)C2. The molecule has 1 aromatic heterocycles. The Balaban J connectivity index is 1.32. The molecule has 19 heavy (non-hydrogen) atoms. The summed E-state index contributed by atoms with van der Waals surface area (Å²) in [4.78, 5) is 4.24. The molecule has 2 aliphatic rings. The smallest absolute Gasteiger partial charge is 0.0244 e. The van der Waals surface area contributed by atoms with E-state index in [1.54, 1.807) is 10.4 Å². The molecule has 0 bridgehead atoms. The van der Waals surface area contributed by atoms with Crippen molar-refractivity contribution in [3.63, 3.8) is 0 Å². The zero-order valence-corrected chi connectivity index (χ0v) is 12.7. The van der Waals surface area contributed by atoms with Gasteiger partial charge in [-0.1, -0.05) is 19.3 Å². The third-order valence-corrected chi connectivity index (χ3v) is 5.60. The van der Waals surface area contributed by atoms with Gasteiger partial charge < -0.3 is 5.32 Å². The lowest BCUT2D eigenvalue weighted by molar-refractivity contribution is 0.248. The summed E-state index contributed by atoms with van der Waals surface area (Å²) >= 11 is 1.94. The average Bonchev–Trinajstić information content (AvgIpc) is 2.92. The van der Waals surface area contributed by atoms with Crippen LogP contribution < -0.4 is 5.32 Å². The van der Waals surface area contributed by atoms with Gasteiger partial charge in [0.25, 0.3) is 0 Å². The Kier molecular flexibility index (Phi) is 4.91. The molecule has 0 unspecified atom stereocenters. The molecule has 2 heterocycles. The van der Waals surface area contributed by atoms with Crippen LogP contribution in [0.4, 0.5) is 0 Å². The van der Waals surface area contributed by atoms with E-state index in [1.807, 2.05) is 11.3 Å². The van der Waals surface area contributed by atoms with Crippen LogP contribution in [0.25, 0.3) is 0 Å². The molecule has 0 amide bonds. The van der Waals surface area contributed by atoms with Gasteiger partial charge in [-0.15, -0.1) is 11.3 Å². The third-order valence-electron chi connectivity index (χ3n) is 4.58. The maximum Gasteiger partial charge on any atom is 0.0244 e. The van der Waals surface area contributed by atoms with Crippen molar-refractivity contribution in [3.05, 3.63) is 21.9 Å². The lowest BCUT2D eigenvalue weighted by Crippen LogP contribution is -2.35. The number of hydrogen-bond acceptors (Lipinski definition) is 3. The summed E-state index contributed by atoms with van der Waals surface area (Å²) in [6.07, 6.45) is 9.70. The third kappa shape index (κ3) is 3.80. The second-order valence-electron chi connectivity index (χ2n) is 6.04. The Labute approximate surface area is 121 Å². The Morgan fingerprint density at radius 1 is 1.26 bits per heavy atom. The highest BCUT2D eigenvalue weighted by Crippen LogP contribution is 2.23. The van der Waals surface area contributed by atoms with Crippen molar-refractivity contribution in [2.45, 2.75) is 57.5 Å². The van der Waals surface area contributed by atoms with E-state index in [0.717, 1.165) is 6.04 Å². The fraction of sp³-hybridized carbons (Fsp3) is 0.750. The Hall–Kier alpha value is -0.380. The topological polar surface area (TPSA) is 15.3 Å². The first-order chi connectivity index (χ1) is 9.42. The van der Waals surface area contributed by atoms with E-state index >= 15 is 0 Å². The monoisotopic (exact) mass is 278 g/mol. The Morgan fingerprint density at radius 2 is 2.16 bits per heavy atom. The first-order valence-electron chi connectivity index (χ1n) is 7.93. The van der Waals surface area contributed by atoms with Crippen molar-refractivity contribution in [2.24, 2.45) is 0 Å². The molecule has 1 aliphatic carbocycles. The van der Waals surface area contributed by atoms with E-state index in [9.17, 15) is 0 Å². The first-order valence-corrected chi connectivity index (χ1v) is 8.81. The minimum atomic E-state index is 0.818. The van der Waals surface area contributed by atoms with Crippen LogP contribution >= 0.6 is 11.3 Å². The van der Waals surface area contributed by atoms with Gasteiger partial charge in [0, 0.05) is 24.0 Å². The van der Waals surface area contributed by atoms with Crippen LogP contribution in [0.2, 0.25) is 0 Å². The molecule has 1 aliphatic heterocycles. The van der Waals surface area contributed by atoms with Crippen LogP contribution in [-0.4, -0.2) is 30.6 Å². The zero-order chi connectivity index (χ0) is 12.9. The van der Waals surface area contributed by atoms with E-state index in [-0.39, 0.29) is 0 Å². The predicted molar refractivity (Wildman–Crippen MR) is 82.8 cm³/mol. The summed E-state index contributed by atoms with van der Waals surface area (Å²) in [5.41, 5.74) is 1.58. The molecule has 0 atom stereocenters. The summed E-state index contributed by atoms with van der Waals surface area (Å²) in [6, 6.07) is 3.13. The number of fused-ring (bicyclic) bond motifs is 1. The van der Waals surface area contributed by atoms with Gasteiger partial charge in [-0.3, -0.25) is 4.90 Å². The van der Waals surface area contributed by atoms with Gasteiger partial charge in [-0.2, -0.15) is 0 Å². The molecule has 0 saturated heterocycles. The van der Waals surface area contributed by atoms with E-state index in [2.05, 4.69) is 21.7 Å². The molecule has 0 radical (unpaired) electrons. The van der Waals surface area contributed by atoms with Crippen LogP contribution in [-0.2, 0) is 13.0 Å². The highest BCUT2D eigenvalue weighted by atomic mass is 32.1. The lowest BCUT2D eigenvalue weighted by Gasteiger charge is -2.27. The van der Waals surface area contributed by atoms with Crippen molar-refractivity contribution < 1.29 is 0 Å². The largest absolute Gasteiger partial charge is 0.314 e. The lowest BCUT2D eigenvalue weighted by atomic mass is 9.95. The van der Waals surface area contributed by atoms with Crippen LogP contribution in [0.5, 0.6) is 0 Å². The van der Waals surface area contributed by atoms with E-state index in [4.69, 9.17) is 0 Å². The van der Waals surface area contributed by atoms with Gasteiger partial charge in [0.1, 0.15) is 0 Å². The maximum absolute atomic E-state index is 3.75. The number of nitrogens with zero attached hydrogens (tertiary/aromatic N) is 1. The van der Waals surface area contributed by atoms with Crippen molar-refractivity contribution >= 4 is 11.3 Å². The van der Waals surface area contributed by atoms with Crippen molar-refractivity contribution in [2.75, 3.05) is 19.6 Å². The van der Waals surface area contributed by atoms with Crippen LogP contribution in [0.1, 0.15) is 49.0 Å². The van der Waals surface area contributed by atoms with E-state index < -0.39 is 0 Å². The fourth-order valence-corrected chi connectivity index (χ4v) is 4.30. The van der Waals surface area contributed by atoms with Crippen molar-refractivity contribution in [1.82, 2.24) is 10.2 Å². The van der Waals surface area contributed by atoms with Crippen LogP contribution in [0, 0.1) is 0 Å². The fourth-order valence-electron chi connectivity index (χ4n) is 3.41. The average molecular weight is 278 g/mol. The van der Waals surface area contributed by atoms with Gasteiger partial charge in [0.15, 0.2) is 0 Å². The van der Waals surface area contributed by atoms with E-state index in [1.165, 1.54) is 71.1 Å². The van der Waals surface area contributed by atoms with Crippen molar-refractivity contribution in [1.29, 1.82) is 0 Å². The van der Waals surface area contributed by atoms with E-state index in [0.29, 0.717) is 0 Å². The number of rotatable bonds is 5.